The second-order valence-electron chi connectivity index (χ2n) is 5.00. The molecule has 0 bridgehead atoms. The summed E-state index contributed by atoms with van der Waals surface area (Å²) in [5.41, 5.74) is 7.79. The van der Waals surface area contributed by atoms with Crippen LogP contribution < -0.4 is 5.73 Å². The molecule has 3 heteroatoms. The van der Waals surface area contributed by atoms with Crippen LogP contribution in [0.15, 0.2) is 23.2 Å². The molecule has 0 radical (unpaired) electrons. The van der Waals surface area contributed by atoms with Crippen LogP contribution in [-0.2, 0) is 0 Å². The van der Waals surface area contributed by atoms with Crippen molar-refractivity contribution in [3.8, 4) is 6.07 Å². The van der Waals surface area contributed by atoms with Gasteiger partial charge in [-0.05, 0) is 24.3 Å². The first kappa shape index (κ1) is 12.2. The fourth-order valence-corrected chi connectivity index (χ4v) is 3.31. The number of allylic oxidation sites excluding steroid dienone is 2. The summed E-state index contributed by atoms with van der Waals surface area (Å²) in [7, 11) is 0. The molecule has 2 N–H and O–H groups in total. The standard InChI is InChI=1S/C14H18N2S/c1-14(7-3-2-4-8-14)13(16)11(10-15)12-6-5-9-17-12/h5-6,9H,2-4,7-8,16H2,1H3/b13-11+. The summed E-state index contributed by atoms with van der Waals surface area (Å²) in [6.07, 6.45) is 5.95. The Morgan fingerprint density at radius 3 is 2.65 bits per heavy atom. The van der Waals surface area contributed by atoms with Gasteiger partial charge in [0.2, 0.25) is 0 Å². The lowest BCUT2D eigenvalue weighted by atomic mass is 9.72. The van der Waals surface area contributed by atoms with Crippen molar-refractivity contribution in [2.45, 2.75) is 39.0 Å². The minimum absolute atomic E-state index is 0.0211. The van der Waals surface area contributed by atoms with Gasteiger partial charge >= 0.3 is 0 Å². The highest BCUT2D eigenvalue weighted by Crippen LogP contribution is 2.42. The maximum atomic E-state index is 9.33. The zero-order chi connectivity index (χ0) is 12.3. The van der Waals surface area contributed by atoms with Gasteiger partial charge in [-0.25, -0.2) is 0 Å². The first-order valence-corrected chi connectivity index (χ1v) is 6.99. The SMILES string of the molecule is CC1(/C(N)=C(/C#N)c2cccs2)CCCCC1. The van der Waals surface area contributed by atoms with Gasteiger partial charge in [0.25, 0.3) is 0 Å². The van der Waals surface area contributed by atoms with E-state index in [1.54, 1.807) is 11.3 Å². The Morgan fingerprint density at radius 1 is 1.41 bits per heavy atom. The van der Waals surface area contributed by atoms with E-state index < -0.39 is 0 Å². The van der Waals surface area contributed by atoms with Crippen molar-refractivity contribution in [3.63, 3.8) is 0 Å². The van der Waals surface area contributed by atoms with Crippen molar-refractivity contribution >= 4 is 16.9 Å². The van der Waals surface area contributed by atoms with Gasteiger partial charge in [0, 0.05) is 16.0 Å². The number of thiophene rings is 1. The molecule has 1 heterocycles. The van der Waals surface area contributed by atoms with Crippen LogP contribution in [0.1, 0.15) is 43.9 Å². The summed E-state index contributed by atoms with van der Waals surface area (Å²) in [6, 6.07) is 6.23. The predicted octanol–water partition coefficient (Wildman–Crippen LogP) is 3.91. The number of nitrogens with zero attached hydrogens (tertiary/aromatic N) is 1. The molecule has 17 heavy (non-hydrogen) atoms. The molecule has 1 aromatic heterocycles. The van der Waals surface area contributed by atoms with Crippen LogP contribution >= 0.6 is 11.3 Å². The molecule has 1 aliphatic carbocycles. The number of hydrogen-bond acceptors (Lipinski definition) is 3. The minimum atomic E-state index is 0.0211. The number of nitriles is 1. The lowest BCUT2D eigenvalue weighted by molar-refractivity contribution is 0.266. The van der Waals surface area contributed by atoms with Crippen LogP contribution in [0.3, 0.4) is 0 Å². The molecule has 2 nitrogen and oxygen atoms in total. The van der Waals surface area contributed by atoms with Gasteiger partial charge in [-0.1, -0.05) is 32.3 Å². The van der Waals surface area contributed by atoms with Gasteiger partial charge in [-0.2, -0.15) is 5.26 Å². The van der Waals surface area contributed by atoms with E-state index in [2.05, 4.69) is 13.0 Å². The fraction of sp³-hybridized carbons (Fsp3) is 0.500. The average molecular weight is 246 g/mol. The van der Waals surface area contributed by atoms with Crippen LogP contribution in [0.25, 0.3) is 5.57 Å². The Kier molecular flexibility index (Phi) is 3.54. The molecule has 0 aromatic carbocycles. The molecule has 0 atom stereocenters. The highest BCUT2D eigenvalue weighted by Gasteiger charge is 2.31. The molecule has 1 saturated carbocycles. The molecule has 0 aliphatic heterocycles. The van der Waals surface area contributed by atoms with Crippen molar-refractivity contribution in [3.05, 3.63) is 28.1 Å². The lowest BCUT2D eigenvalue weighted by Gasteiger charge is -2.34. The molecule has 0 amide bonds. The van der Waals surface area contributed by atoms with Crippen LogP contribution in [0.5, 0.6) is 0 Å². The molecular formula is C14H18N2S. The summed E-state index contributed by atoms with van der Waals surface area (Å²) in [4.78, 5) is 0.997. The first-order chi connectivity index (χ1) is 8.17. The third-order valence-corrected chi connectivity index (χ3v) is 4.64. The molecule has 90 valence electrons. The largest absolute Gasteiger partial charge is 0.400 e. The van der Waals surface area contributed by atoms with Gasteiger partial charge in [0.15, 0.2) is 0 Å². The van der Waals surface area contributed by atoms with Crippen LogP contribution in [-0.4, -0.2) is 0 Å². The minimum Gasteiger partial charge on any atom is -0.400 e. The Bertz CT molecular complexity index is 445. The van der Waals surface area contributed by atoms with Crippen molar-refractivity contribution in [1.82, 2.24) is 0 Å². The molecule has 0 saturated heterocycles. The fourth-order valence-electron chi connectivity index (χ4n) is 2.57. The monoisotopic (exact) mass is 246 g/mol. The molecule has 1 aromatic rings. The summed E-state index contributed by atoms with van der Waals surface area (Å²) >= 11 is 1.59. The third-order valence-electron chi connectivity index (χ3n) is 3.76. The zero-order valence-corrected chi connectivity index (χ0v) is 11.0. The van der Waals surface area contributed by atoms with Gasteiger partial charge in [-0.3, -0.25) is 0 Å². The van der Waals surface area contributed by atoms with E-state index in [4.69, 9.17) is 5.73 Å². The third kappa shape index (κ3) is 2.37. The molecule has 2 rings (SSSR count). The van der Waals surface area contributed by atoms with E-state index in [0.717, 1.165) is 23.4 Å². The summed E-state index contributed by atoms with van der Waals surface area (Å²) in [5, 5.41) is 11.3. The first-order valence-electron chi connectivity index (χ1n) is 6.11. The highest BCUT2D eigenvalue weighted by molar-refractivity contribution is 7.11. The van der Waals surface area contributed by atoms with E-state index in [-0.39, 0.29) is 5.41 Å². The molecule has 1 fully saturated rings. The smallest absolute Gasteiger partial charge is 0.102 e. The van der Waals surface area contributed by atoms with Gasteiger partial charge < -0.3 is 5.73 Å². The normalized spacial score (nSPS) is 20.5. The zero-order valence-electron chi connectivity index (χ0n) is 10.2. The second-order valence-corrected chi connectivity index (χ2v) is 5.95. The Morgan fingerprint density at radius 2 is 2.12 bits per heavy atom. The second kappa shape index (κ2) is 4.93. The summed E-state index contributed by atoms with van der Waals surface area (Å²) in [6.45, 7) is 2.20. The lowest BCUT2D eigenvalue weighted by Crippen LogP contribution is -2.28. The van der Waals surface area contributed by atoms with Gasteiger partial charge in [0.1, 0.15) is 6.07 Å². The molecule has 0 unspecified atom stereocenters. The maximum Gasteiger partial charge on any atom is 0.102 e. The van der Waals surface area contributed by atoms with Crippen molar-refractivity contribution in [2.75, 3.05) is 0 Å². The summed E-state index contributed by atoms with van der Waals surface area (Å²) < 4.78 is 0. The summed E-state index contributed by atoms with van der Waals surface area (Å²) in [5.74, 6) is 0. The topological polar surface area (TPSA) is 49.8 Å². The van der Waals surface area contributed by atoms with Gasteiger partial charge in [-0.15, -0.1) is 11.3 Å². The van der Waals surface area contributed by atoms with Crippen LogP contribution in [0.4, 0.5) is 0 Å². The molecule has 1 aliphatic rings. The Labute approximate surface area is 107 Å². The van der Waals surface area contributed by atoms with Crippen LogP contribution in [0, 0.1) is 16.7 Å². The number of rotatable bonds is 2. The van der Waals surface area contributed by atoms with Crippen molar-refractivity contribution in [1.29, 1.82) is 5.26 Å². The van der Waals surface area contributed by atoms with E-state index >= 15 is 0 Å². The molecule has 0 spiro atoms. The van der Waals surface area contributed by atoms with Crippen molar-refractivity contribution in [2.24, 2.45) is 11.1 Å². The van der Waals surface area contributed by atoms with E-state index in [9.17, 15) is 5.26 Å². The highest BCUT2D eigenvalue weighted by atomic mass is 32.1. The maximum absolute atomic E-state index is 9.33. The Hall–Kier alpha value is -1.27. The average Bonchev–Trinajstić information content (AvgIpc) is 2.84. The van der Waals surface area contributed by atoms with Crippen LogP contribution in [0.2, 0.25) is 0 Å². The Balaban J connectivity index is 2.38. The van der Waals surface area contributed by atoms with E-state index in [1.165, 1.54) is 19.3 Å². The predicted molar refractivity (Wildman–Crippen MR) is 72.2 cm³/mol. The number of nitrogens with two attached hydrogens (primary N) is 1. The van der Waals surface area contributed by atoms with E-state index in [1.807, 2.05) is 17.5 Å². The quantitative estimate of drug-likeness (QED) is 0.804. The van der Waals surface area contributed by atoms with Crippen molar-refractivity contribution < 1.29 is 0 Å². The molecular weight excluding hydrogens is 228 g/mol. The number of hydrogen-bond donors (Lipinski definition) is 1. The van der Waals surface area contributed by atoms with E-state index in [0.29, 0.717) is 5.57 Å². The van der Waals surface area contributed by atoms with Gasteiger partial charge in [0.05, 0.1) is 5.57 Å².